The van der Waals surface area contributed by atoms with Gasteiger partial charge in [0.25, 0.3) is 5.88 Å². The average molecular weight is 251 g/mol. The van der Waals surface area contributed by atoms with Gasteiger partial charge in [-0.1, -0.05) is 20.8 Å². The third-order valence-corrected chi connectivity index (χ3v) is 2.00. The first-order chi connectivity index (χ1) is 6.86. The Labute approximate surface area is 98.4 Å². The first kappa shape index (κ1) is 12.5. The molecule has 0 fully saturated rings. The fourth-order valence-electron chi connectivity index (χ4n) is 1.05. The highest BCUT2D eigenvalue weighted by molar-refractivity contribution is 7.80. The van der Waals surface area contributed by atoms with Crippen LogP contribution in [0.5, 0.6) is 5.88 Å². The van der Waals surface area contributed by atoms with Crippen molar-refractivity contribution >= 4 is 24.2 Å². The van der Waals surface area contributed by atoms with Crippen molar-refractivity contribution in [3.63, 3.8) is 0 Å². The first-order valence-electron chi connectivity index (χ1n) is 4.33. The molecular formula is C9H12ClFN2OS. The van der Waals surface area contributed by atoms with Crippen LogP contribution in [-0.4, -0.2) is 15.9 Å². The van der Waals surface area contributed by atoms with Crippen LogP contribution in [0.4, 0.5) is 4.39 Å². The number of nitrogens with zero attached hydrogens (tertiary/aromatic N) is 2. The van der Waals surface area contributed by atoms with Crippen molar-refractivity contribution in [3.8, 4) is 5.88 Å². The summed E-state index contributed by atoms with van der Waals surface area (Å²) in [5, 5.41) is -0.0295. The lowest BCUT2D eigenvalue weighted by atomic mass is 9.91. The van der Waals surface area contributed by atoms with E-state index in [1.165, 1.54) is 0 Å². The summed E-state index contributed by atoms with van der Waals surface area (Å²) in [6.07, 6.45) is 0. The fourth-order valence-corrected chi connectivity index (χ4v) is 1.34. The molecule has 0 amide bonds. The van der Waals surface area contributed by atoms with Gasteiger partial charge in [-0.2, -0.15) is 9.37 Å². The van der Waals surface area contributed by atoms with Gasteiger partial charge in [0.15, 0.2) is 0 Å². The molecular weight excluding hydrogens is 239 g/mol. The Morgan fingerprint density at radius 3 is 2.47 bits per heavy atom. The van der Waals surface area contributed by atoms with Crippen molar-refractivity contribution in [2.75, 3.05) is 5.94 Å². The van der Waals surface area contributed by atoms with Gasteiger partial charge in [0, 0.05) is 5.41 Å². The van der Waals surface area contributed by atoms with E-state index in [1.54, 1.807) is 0 Å². The van der Waals surface area contributed by atoms with Gasteiger partial charge in [-0.3, -0.25) is 0 Å². The normalized spacial score (nSPS) is 11.6. The second-order valence-corrected chi connectivity index (χ2v) is 4.58. The molecule has 84 valence electrons. The molecule has 1 aromatic heterocycles. The molecule has 0 saturated carbocycles. The van der Waals surface area contributed by atoms with Crippen LogP contribution in [0, 0.1) is 5.82 Å². The molecule has 1 aromatic rings. The highest BCUT2D eigenvalue weighted by Crippen LogP contribution is 2.28. The number of aromatic nitrogens is 2. The number of ether oxygens (including phenoxy) is 1. The number of hydrogen-bond acceptors (Lipinski definition) is 4. The molecule has 1 heterocycles. The molecule has 3 nitrogen and oxygen atoms in total. The lowest BCUT2D eigenvalue weighted by molar-refractivity contribution is 0.342. The summed E-state index contributed by atoms with van der Waals surface area (Å²) in [4.78, 5) is 7.51. The Morgan fingerprint density at radius 2 is 2.00 bits per heavy atom. The van der Waals surface area contributed by atoms with Crippen LogP contribution < -0.4 is 4.74 Å². The third-order valence-electron chi connectivity index (χ3n) is 1.71. The predicted octanol–water partition coefficient (Wildman–Crippen LogP) is 2.83. The van der Waals surface area contributed by atoms with E-state index in [0.717, 1.165) is 0 Å². The number of rotatable bonds is 2. The van der Waals surface area contributed by atoms with Crippen LogP contribution in [0.15, 0.2) is 0 Å². The van der Waals surface area contributed by atoms with Gasteiger partial charge in [0.05, 0.1) is 5.69 Å². The molecule has 0 spiro atoms. The third kappa shape index (κ3) is 2.95. The molecule has 15 heavy (non-hydrogen) atoms. The Balaban J connectivity index is 3.28. The summed E-state index contributed by atoms with van der Waals surface area (Å²) in [6, 6.07) is 0. The maximum Gasteiger partial charge on any atom is 0.256 e. The zero-order valence-corrected chi connectivity index (χ0v) is 10.4. The second-order valence-electron chi connectivity index (χ2n) is 3.98. The molecule has 0 aliphatic carbocycles. The topological polar surface area (TPSA) is 35.0 Å². The van der Waals surface area contributed by atoms with E-state index in [2.05, 4.69) is 22.6 Å². The zero-order valence-electron chi connectivity index (χ0n) is 8.71. The van der Waals surface area contributed by atoms with E-state index in [-0.39, 0.29) is 22.8 Å². The Morgan fingerprint density at radius 1 is 1.40 bits per heavy atom. The maximum absolute atomic E-state index is 13.8. The van der Waals surface area contributed by atoms with Crippen molar-refractivity contribution in [1.29, 1.82) is 0 Å². The fraction of sp³-hybridized carbons (Fsp3) is 0.556. The quantitative estimate of drug-likeness (QED) is 0.498. The summed E-state index contributed by atoms with van der Waals surface area (Å²) in [5.74, 6) is -0.704. The van der Waals surface area contributed by atoms with E-state index in [9.17, 15) is 4.39 Å². The molecule has 0 aromatic carbocycles. The van der Waals surface area contributed by atoms with Crippen LogP contribution >= 0.6 is 24.2 Å². The van der Waals surface area contributed by atoms with E-state index >= 15 is 0 Å². The summed E-state index contributed by atoms with van der Waals surface area (Å²) in [6.45, 7) is 5.50. The van der Waals surface area contributed by atoms with Crippen molar-refractivity contribution in [2.24, 2.45) is 0 Å². The monoisotopic (exact) mass is 250 g/mol. The summed E-state index contributed by atoms with van der Waals surface area (Å²) in [7, 11) is 0. The van der Waals surface area contributed by atoms with Crippen molar-refractivity contribution in [1.82, 2.24) is 9.97 Å². The molecule has 0 aliphatic rings. The van der Waals surface area contributed by atoms with Gasteiger partial charge >= 0.3 is 0 Å². The minimum atomic E-state index is -0.582. The Kier molecular flexibility index (Phi) is 3.78. The van der Waals surface area contributed by atoms with Gasteiger partial charge in [-0.25, -0.2) is 4.98 Å². The lowest BCUT2D eigenvalue weighted by Gasteiger charge is -2.19. The summed E-state index contributed by atoms with van der Waals surface area (Å²) in [5.41, 5.74) is -0.218. The first-order valence-corrected chi connectivity index (χ1v) is 5.34. The SMILES string of the molecule is CC(C)(C)c1nc(Cl)nc(OCS)c1F. The van der Waals surface area contributed by atoms with Crippen molar-refractivity contribution < 1.29 is 9.13 Å². The summed E-state index contributed by atoms with van der Waals surface area (Å²) >= 11 is 9.50. The maximum atomic E-state index is 13.8. The van der Waals surface area contributed by atoms with Crippen LogP contribution in [0.3, 0.4) is 0 Å². The standard InChI is InChI=1S/C9H12ClFN2OS/c1-9(2,3)6-5(11)7(14-4-15)13-8(10)12-6/h15H,4H2,1-3H3. The molecule has 6 heteroatoms. The zero-order chi connectivity index (χ0) is 11.6. The van der Waals surface area contributed by atoms with Crippen LogP contribution in [0.1, 0.15) is 26.5 Å². The second kappa shape index (κ2) is 4.53. The smallest absolute Gasteiger partial charge is 0.256 e. The van der Waals surface area contributed by atoms with E-state index in [0.29, 0.717) is 0 Å². The van der Waals surface area contributed by atoms with E-state index in [4.69, 9.17) is 16.3 Å². The minimum absolute atomic E-state index is 0.0295. The molecule has 0 unspecified atom stereocenters. The van der Waals surface area contributed by atoms with Crippen molar-refractivity contribution in [3.05, 3.63) is 16.8 Å². The Hall–Kier alpha value is -0.550. The van der Waals surface area contributed by atoms with Crippen LogP contribution in [-0.2, 0) is 5.41 Å². The van der Waals surface area contributed by atoms with Gasteiger partial charge in [0.2, 0.25) is 11.1 Å². The van der Waals surface area contributed by atoms with Crippen LogP contribution in [0.25, 0.3) is 0 Å². The van der Waals surface area contributed by atoms with E-state index < -0.39 is 11.2 Å². The highest BCUT2D eigenvalue weighted by Gasteiger charge is 2.25. The Bertz CT molecular complexity index is 368. The molecule has 0 bridgehead atoms. The number of halogens is 2. The average Bonchev–Trinajstić information content (AvgIpc) is 2.09. The largest absolute Gasteiger partial charge is 0.465 e. The molecule has 0 saturated heterocycles. The lowest BCUT2D eigenvalue weighted by Crippen LogP contribution is -2.18. The van der Waals surface area contributed by atoms with Gasteiger partial charge < -0.3 is 4.74 Å². The molecule has 0 N–H and O–H groups in total. The summed E-state index contributed by atoms with van der Waals surface area (Å²) < 4.78 is 18.7. The van der Waals surface area contributed by atoms with Crippen LogP contribution in [0.2, 0.25) is 5.28 Å². The molecule has 1 rings (SSSR count). The molecule has 0 aliphatic heterocycles. The molecule has 0 atom stereocenters. The minimum Gasteiger partial charge on any atom is -0.465 e. The predicted molar refractivity (Wildman–Crippen MR) is 60.2 cm³/mol. The number of hydrogen-bond donors (Lipinski definition) is 1. The number of thiol groups is 1. The van der Waals surface area contributed by atoms with Gasteiger partial charge in [-0.15, -0.1) is 12.6 Å². The highest BCUT2D eigenvalue weighted by atomic mass is 35.5. The van der Waals surface area contributed by atoms with Crippen molar-refractivity contribution in [2.45, 2.75) is 26.2 Å². The van der Waals surface area contributed by atoms with Gasteiger partial charge in [0.1, 0.15) is 5.94 Å². The van der Waals surface area contributed by atoms with E-state index in [1.807, 2.05) is 20.8 Å². The van der Waals surface area contributed by atoms with Gasteiger partial charge in [-0.05, 0) is 11.6 Å². The molecule has 0 radical (unpaired) electrons.